The highest BCUT2D eigenvalue weighted by atomic mass is 127. The third-order valence-electron chi connectivity index (χ3n) is 2.84. The van der Waals surface area contributed by atoms with Crippen LogP contribution in [0.2, 0.25) is 0 Å². The van der Waals surface area contributed by atoms with Gasteiger partial charge in [0, 0.05) is 10.1 Å². The lowest BCUT2D eigenvalue weighted by atomic mass is 10.2. The SMILES string of the molecule is CC(C)Oc1cccc(CNC(=O)c2ccccc2I)c1. The van der Waals surface area contributed by atoms with Crippen LogP contribution in [0.5, 0.6) is 5.75 Å². The van der Waals surface area contributed by atoms with E-state index in [4.69, 9.17) is 4.74 Å². The number of carbonyl (C=O) groups is 1. The summed E-state index contributed by atoms with van der Waals surface area (Å²) < 4.78 is 6.60. The predicted molar refractivity (Wildman–Crippen MR) is 92.5 cm³/mol. The number of benzene rings is 2. The third-order valence-corrected chi connectivity index (χ3v) is 3.78. The van der Waals surface area contributed by atoms with Crippen molar-refractivity contribution >= 4 is 28.5 Å². The molecule has 0 aliphatic carbocycles. The van der Waals surface area contributed by atoms with Gasteiger partial charge in [-0.05, 0) is 66.3 Å². The Balaban J connectivity index is 2.00. The fourth-order valence-electron chi connectivity index (χ4n) is 1.92. The normalized spacial score (nSPS) is 10.5. The Labute approximate surface area is 138 Å². The minimum Gasteiger partial charge on any atom is -0.491 e. The average molecular weight is 395 g/mol. The molecule has 0 radical (unpaired) electrons. The molecule has 1 N–H and O–H groups in total. The molecule has 0 aliphatic heterocycles. The molecule has 2 aromatic rings. The predicted octanol–water partition coefficient (Wildman–Crippen LogP) is 4.01. The minimum atomic E-state index is -0.0600. The summed E-state index contributed by atoms with van der Waals surface area (Å²) in [7, 11) is 0. The topological polar surface area (TPSA) is 38.3 Å². The first-order chi connectivity index (χ1) is 10.1. The average Bonchev–Trinajstić information content (AvgIpc) is 2.45. The zero-order chi connectivity index (χ0) is 15.2. The molecule has 110 valence electrons. The Morgan fingerprint density at radius 2 is 1.95 bits per heavy atom. The maximum atomic E-state index is 12.2. The number of hydrogen-bond donors (Lipinski definition) is 1. The molecule has 3 nitrogen and oxygen atoms in total. The molecule has 1 amide bonds. The maximum Gasteiger partial charge on any atom is 0.252 e. The number of carbonyl (C=O) groups excluding carboxylic acids is 1. The van der Waals surface area contributed by atoms with Crippen molar-refractivity contribution < 1.29 is 9.53 Å². The van der Waals surface area contributed by atoms with Gasteiger partial charge in [-0.25, -0.2) is 0 Å². The van der Waals surface area contributed by atoms with Crippen LogP contribution in [0.4, 0.5) is 0 Å². The van der Waals surface area contributed by atoms with Crippen molar-refractivity contribution in [2.24, 2.45) is 0 Å². The summed E-state index contributed by atoms with van der Waals surface area (Å²) >= 11 is 2.17. The fraction of sp³-hybridized carbons (Fsp3) is 0.235. The Bertz CT molecular complexity index is 626. The highest BCUT2D eigenvalue weighted by molar-refractivity contribution is 14.1. The third kappa shape index (κ3) is 4.74. The van der Waals surface area contributed by atoms with E-state index in [1.54, 1.807) is 0 Å². The van der Waals surface area contributed by atoms with Crippen LogP contribution in [0.25, 0.3) is 0 Å². The van der Waals surface area contributed by atoms with E-state index in [1.807, 2.05) is 62.4 Å². The molecular formula is C17H18INO2. The van der Waals surface area contributed by atoms with Gasteiger partial charge in [0.05, 0.1) is 11.7 Å². The van der Waals surface area contributed by atoms with Crippen molar-refractivity contribution in [3.8, 4) is 5.75 Å². The fourth-order valence-corrected chi connectivity index (χ4v) is 2.56. The molecule has 0 saturated carbocycles. The van der Waals surface area contributed by atoms with Crippen LogP contribution in [0.3, 0.4) is 0 Å². The highest BCUT2D eigenvalue weighted by Gasteiger charge is 2.08. The first-order valence-electron chi connectivity index (χ1n) is 6.84. The highest BCUT2D eigenvalue weighted by Crippen LogP contribution is 2.15. The summed E-state index contributed by atoms with van der Waals surface area (Å²) in [5.74, 6) is 0.765. The molecule has 0 saturated heterocycles. The summed E-state index contributed by atoms with van der Waals surface area (Å²) in [5.41, 5.74) is 1.72. The van der Waals surface area contributed by atoms with Crippen LogP contribution in [-0.2, 0) is 6.54 Å². The number of amides is 1. The van der Waals surface area contributed by atoms with Crippen LogP contribution >= 0.6 is 22.6 Å². The zero-order valence-electron chi connectivity index (χ0n) is 12.1. The van der Waals surface area contributed by atoms with Gasteiger partial charge in [-0.1, -0.05) is 24.3 Å². The molecule has 0 heterocycles. The van der Waals surface area contributed by atoms with Gasteiger partial charge in [-0.15, -0.1) is 0 Å². The van der Waals surface area contributed by atoms with E-state index in [9.17, 15) is 4.79 Å². The molecule has 0 aliphatic rings. The van der Waals surface area contributed by atoms with Gasteiger partial charge in [0.2, 0.25) is 0 Å². The van der Waals surface area contributed by atoms with E-state index < -0.39 is 0 Å². The van der Waals surface area contributed by atoms with E-state index in [1.165, 1.54) is 0 Å². The van der Waals surface area contributed by atoms with E-state index in [0.29, 0.717) is 12.1 Å². The molecule has 0 atom stereocenters. The smallest absolute Gasteiger partial charge is 0.252 e. The van der Waals surface area contributed by atoms with Crippen molar-refractivity contribution in [1.82, 2.24) is 5.32 Å². The van der Waals surface area contributed by atoms with E-state index in [0.717, 1.165) is 14.9 Å². The maximum absolute atomic E-state index is 12.2. The second-order valence-electron chi connectivity index (χ2n) is 4.98. The Hall–Kier alpha value is -1.56. The summed E-state index contributed by atoms with van der Waals surface area (Å²) in [5, 5.41) is 2.94. The standard InChI is InChI=1S/C17H18INO2/c1-12(2)21-14-7-5-6-13(10-14)11-19-17(20)15-8-3-4-9-16(15)18/h3-10,12H,11H2,1-2H3,(H,19,20). The number of nitrogens with one attached hydrogen (secondary N) is 1. The van der Waals surface area contributed by atoms with Gasteiger partial charge < -0.3 is 10.1 Å². The number of halogens is 1. The molecule has 0 spiro atoms. The van der Waals surface area contributed by atoms with Crippen LogP contribution in [-0.4, -0.2) is 12.0 Å². The molecule has 21 heavy (non-hydrogen) atoms. The first-order valence-corrected chi connectivity index (χ1v) is 7.92. The lowest BCUT2D eigenvalue weighted by Crippen LogP contribution is -2.23. The zero-order valence-corrected chi connectivity index (χ0v) is 14.3. The second kappa shape index (κ2) is 7.45. The van der Waals surface area contributed by atoms with Crippen molar-refractivity contribution in [1.29, 1.82) is 0 Å². The Morgan fingerprint density at radius 3 is 2.67 bits per heavy atom. The van der Waals surface area contributed by atoms with Crippen LogP contribution < -0.4 is 10.1 Å². The van der Waals surface area contributed by atoms with E-state index >= 15 is 0 Å². The summed E-state index contributed by atoms with van der Waals surface area (Å²) in [6.45, 7) is 4.47. The minimum absolute atomic E-state index is 0.0600. The summed E-state index contributed by atoms with van der Waals surface area (Å²) in [6.07, 6.45) is 0.140. The molecule has 4 heteroatoms. The van der Waals surface area contributed by atoms with Crippen molar-refractivity contribution in [2.75, 3.05) is 0 Å². The molecule has 0 bridgehead atoms. The van der Waals surface area contributed by atoms with Crippen molar-refractivity contribution in [3.63, 3.8) is 0 Å². The second-order valence-corrected chi connectivity index (χ2v) is 6.14. The van der Waals surface area contributed by atoms with Crippen LogP contribution in [0.15, 0.2) is 48.5 Å². The van der Waals surface area contributed by atoms with Crippen molar-refractivity contribution in [3.05, 3.63) is 63.2 Å². The van der Waals surface area contributed by atoms with E-state index in [-0.39, 0.29) is 12.0 Å². The largest absolute Gasteiger partial charge is 0.491 e. The Kier molecular flexibility index (Phi) is 5.61. The number of hydrogen-bond acceptors (Lipinski definition) is 2. The Morgan fingerprint density at radius 1 is 1.19 bits per heavy atom. The van der Waals surface area contributed by atoms with Gasteiger partial charge in [-0.3, -0.25) is 4.79 Å². The van der Waals surface area contributed by atoms with Crippen molar-refractivity contribution in [2.45, 2.75) is 26.5 Å². The van der Waals surface area contributed by atoms with Gasteiger partial charge in [-0.2, -0.15) is 0 Å². The molecule has 0 fully saturated rings. The lowest BCUT2D eigenvalue weighted by Gasteiger charge is -2.11. The van der Waals surface area contributed by atoms with Gasteiger partial charge in [0.15, 0.2) is 0 Å². The van der Waals surface area contributed by atoms with Gasteiger partial charge in [0.1, 0.15) is 5.75 Å². The summed E-state index contributed by atoms with van der Waals surface area (Å²) in [6, 6.07) is 15.3. The quantitative estimate of drug-likeness (QED) is 0.778. The van der Waals surface area contributed by atoms with E-state index in [2.05, 4.69) is 27.9 Å². The van der Waals surface area contributed by atoms with Gasteiger partial charge in [0.25, 0.3) is 5.91 Å². The molecule has 0 unspecified atom stereocenters. The van der Waals surface area contributed by atoms with Gasteiger partial charge >= 0.3 is 0 Å². The first kappa shape index (κ1) is 15.8. The van der Waals surface area contributed by atoms with Crippen LogP contribution in [0, 0.1) is 3.57 Å². The molecule has 0 aromatic heterocycles. The monoisotopic (exact) mass is 395 g/mol. The summed E-state index contributed by atoms with van der Waals surface area (Å²) in [4.78, 5) is 12.2. The molecule has 2 aromatic carbocycles. The molecule has 2 rings (SSSR count). The van der Waals surface area contributed by atoms with Crippen LogP contribution in [0.1, 0.15) is 29.8 Å². The lowest BCUT2D eigenvalue weighted by molar-refractivity contribution is 0.0950. The molecular weight excluding hydrogens is 377 g/mol. The number of rotatable bonds is 5. The number of ether oxygens (including phenoxy) is 1.